The van der Waals surface area contributed by atoms with Gasteiger partial charge in [-0.15, -0.1) is 0 Å². The van der Waals surface area contributed by atoms with Gasteiger partial charge in [0.2, 0.25) is 0 Å². The number of benzene rings is 1. The minimum atomic E-state index is -3.09. The molecule has 0 radical (unpaired) electrons. The normalized spacial score (nSPS) is 18.4. The van der Waals surface area contributed by atoms with E-state index in [-0.39, 0.29) is 29.1 Å². The highest BCUT2D eigenvalue weighted by molar-refractivity contribution is 7.91. The zero-order valence-corrected chi connectivity index (χ0v) is 15.8. The number of amides is 1. The van der Waals surface area contributed by atoms with Gasteiger partial charge >= 0.3 is 0 Å². The van der Waals surface area contributed by atoms with Crippen LogP contribution in [-0.2, 0) is 16.3 Å². The molecule has 3 rings (SSSR count). The maximum Gasteiger partial charge on any atom is 0.269 e. The number of rotatable bonds is 5. The van der Waals surface area contributed by atoms with Crippen LogP contribution in [0.2, 0.25) is 0 Å². The molecule has 27 heavy (non-hydrogen) atoms. The van der Waals surface area contributed by atoms with Crippen molar-refractivity contribution in [1.82, 2.24) is 14.7 Å². The van der Waals surface area contributed by atoms with Crippen LogP contribution in [0.1, 0.15) is 29.4 Å². The van der Waals surface area contributed by atoms with E-state index < -0.39 is 14.8 Å². The molecule has 1 saturated heterocycles. The number of carbonyl (C=O) groups excluding carboxylic acids is 1. The Morgan fingerprint density at radius 2 is 2.04 bits per heavy atom. The summed E-state index contributed by atoms with van der Waals surface area (Å²) in [5.41, 5.74) is 1.66. The second-order valence-corrected chi connectivity index (χ2v) is 8.75. The summed E-state index contributed by atoms with van der Waals surface area (Å²) in [6.07, 6.45) is 2.42. The first kappa shape index (κ1) is 19.0. The van der Waals surface area contributed by atoms with Crippen LogP contribution in [0.4, 0.5) is 5.69 Å². The molecule has 0 saturated carbocycles. The quantitative estimate of drug-likeness (QED) is 0.564. The Bertz CT molecular complexity index is 981. The molecule has 1 fully saturated rings. The monoisotopic (exact) mass is 392 g/mol. The fourth-order valence-corrected chi connectivity index (χ4v) is 5.04. The van der Waals surface area contributed by atoms with Gasteiger partial charge in [0.25, 0.3) is 11.6 Å². The summed E-state index contributed by atoms with van der Waals surface area (Å²) < 4.78 is 25.0. The maximum absolute atomic E-state index is 12.9. The van der Waals surface area contributed by atoms with E-state index in [0.29, 0.717) is 29.8 Å². The summed E-state index contributed by atoms with van der Waals surface area (Å²) >= 11 is 0. The average Bonchev–Trinajstić information content (AvgIpc) is 3.23. The third-order valence-corrected chi connectivity index (χ3v) is 6.57. The number of sulfone groups is 1. The summed E-state index contributed by atoms with van der Waals surface area (Å²) in [5.74, 6) is -0.201. The van der Waals surface area contributed by atoms with Gasteiger partial charge in [-0.2, -0.15) is 5.10 Å². The molecule has 1 amide bonds. The minimum absolute atomic E-state index is 0.0206. The first-order valence-corrected chi connectivity index (χ1v) is 10.3. The fourth-order valence-electron chi connectivity index (χ4n) is 3.27. The van der Waals surface area contributed by atoms with Crippen LogP contribution in [-0.4, -0.2) is 58.5 Å². The van der Waals surface area contributed by atoms with E-state index in [9.17, 15) is 23.3 Å². The van der Waals surface area contributed by atoms with Crippen LogP contribution in [0, 0.1) is 10.1 Å². The number of aromatic nitrogens is 2. The Hall–Kier alpha value is -2.75. The van der Waals surface area contributed by atoms with Crippen LogP contribution in [0.25, 0.3) is 5.69 Å². The second-order valence-electron chi connectivity index (χ2n) is 6.52. The summed E-state index contributed by atoms with van der Waals surface area (Å²) in [5, 5.41) is 15.1. The average molecular weight is 392 g/mol. The molecule has 1 aliphatic rings. The first-order chi connectivity index (χ1) is 12.7. The Balaban J connectivity index is 1.89. The van der Waals surface area contributed by atoms with Crippen molar-refractivity contribution >= 4 is 21.4 Å². The highest BCUT2D eigenvalue weighted by Gasteiger charge is 2.34. The van der Waals surface area contributed by atoms with Gasteiger partial charge in [-0.3, -0.25) is 14.9 Å². The molecule has 1 aromatic heterocycles. The van der Waals surface area contributed by atoms with Crippen molar-refractivity contribution in [1.29, 1.82) is 0 Å². The number of non-ortho nitro benzene ring substituents is 1. The standard InChI is InChI=1S/C17H20N4O5S/c1-3-16-15(17(22)19(2)14-8-9-27(25,26)11-14)10-18-20(16)12-4-6-13(7-5-12)21(23)24/h4-7,10,14H,3,8-9,11H2,1-2H3. The van der Waals surface area contributed by atoms with E-state index in [1.54, 1.807) is 23.9 Å². The van der Waals surface area contributed by atoms with E-state index >= 15 is 0 Å². The molecule has 0 N–H and O–H groups in total. The van der Waals surface area contributed by atoms with E-state index in [2.05, 4.69) is 5.10 Å². The molecular formula is C17H20N4O5S. The number of carbonyl (C=O) groups is 1. The molecule has 1 aliphatic heterocycles. The van der Waals surface area contributed by atoms with Crippen LogP contribution in [0.5, 0.6) is 0 Å². The number of hydrogen-bond acceptors (Lipinski definition) is 6. The van der Waals surface area contributed by atoms with Gasteiger partial charge in [-0.05, 0) is 25.0 Å². The Morgan fingerprint density at radius 1 is 1.37 bits per heavy atom. The highest BCUT2D eigenvalue weighted by atomic mass is 32.2. The molecule has 0 bridgehead atoms. The summed E-state index contributed by atoms with van der Waals surface area (Å²) in [7, 11) is -1.48. The van der Waals surface area contributed by atoms with Crippen LogP contribution in [0.3, 0.4) is 0 Å². The Labute approximate surface area is 156 Å². The lowest BCUT2D eigenvalue weighted by Gasteiger charge is -2.23. The molecule has 1 aromatic carbocycles. The van der Waals surface area contributed by atoms with Crippen LogP contribution < -0.4 is 0 Å². The summed E-state index contributed by atoms with van der Waals surface area (Å²) in [6, 6.07) is 5.58. The predicted molar refractivity (Wildman–Crippen MR) is 98.7 cm³/mol. The predicted octanol–water partition coefficient (Wildman–Crippen LogP) is 1.60. The van der Waals surface area contributed by atoms with Gasteiger partial charge in [0.05, 0.1) is 39.6 Å². The number of nitrogens with zero attached hydrogens (tertiary/aromatic N) is 4. The number of nitro benzene ring substituents is 1. The smallest absolute Gasteiger partial charge is 0.269 e. The van der Waals surface area contributed by atoms with Crippen molar-refractivity contribution in [3.05, 3.63) is 51.8 Å². The van der Waals surface area contributed by atoms with Crippen molar-refractivity contribution < 1.29 is 18.1 Å². The van der Waals surface area contributed by atoms with Gasteiger partial charge < -0.3 is 4.90 Å². The van der Waals surface area contributed by atoms with E-state index in [1.165, 1.54) is 23.2 Å². The lowest BCUT2D eigenvalue weighted by Crippen LogP contribution is -2.38. The second kappa shape index (κ2) is 7.10. The van der Waals surface area contributed by atoms with E-state index in [0.717, 1.165) is 0 Å². The molecule has 0 aliphatic carbocycles. The third-order valence-electron chi connectivity index (χ3n) is 4.82. The lowest BCUT2D eigenvalue weighted by atomic mass is 10.1. The van der Waals surface area contributed by atoms with Crippen molar-refractivity contribution in [3.8, 4) is 5.69 Å². The molecule has 10 heteroatoms. The molecule has 0 spiro atoms. The summed E-state index contributed by atoms with van der Waals surface area (Å²) in [6.45, 7) is 1.88. The molecular weight excluding hydrogens is 372 g/mol. The number of hydrogen-bond donors (Lipinski definition) is 0. The van der Waals surface area contributed by atoms with Crippen molar-refractivity contribution in [3.63, 3.8) is 0 Å². The number of nitro groups is 1. The SMILES string of the molecule is CCc1c(C(=O)N(C)C2CCS(=O)(=O)C2)cnn1-c1ccc([N+](=O)[O-])cc1. The first-order valence-electron chi connectivity index (χ1n) is 8.53. The molecule has 9 nitrogen and oxygen atoms in total. The van der Waals surface area contributed by atoms with Gasteiger partial charge in [-0.1, -0.05) is 6.92 Å². The van der Waals surface area contributed by atoms with Gasteiger partial charge in [0.15, 0.2) is 9.84 Å². The molecule has 2 heterocycles. The zero-order valence-electron chi connectivity index (χ0n) is 15.0. The van der Waals surface area contributed by atoms with Crippen LogP contribution >= 0.6 is 0 Å². The molecule has 2 aromatic rings. The minimum Gasteiger partial charge on any atom is -0.338 e. The Kier molecular flexibility index (Phi) is 5.01. The largest absolute Gasteiger partial charge is 0.338 e. The van der Waals surface area contributed by atoms with Gasteiger partial charge in [0.1, 0.15) is 0 Å². The lowest BCUT2D eigenvalue weighted by molar-refractivity contribution is -0.384. The topological polar surface area (TPSA) is 115 Å². The zero-order chi connectivity index (χ0) is 19.8. The Morgan fingerprint density at radius 3 is 2.56 bits per heavy atom. The summed E-state index contributed by atoms with van der Waals surface area (Å²) in [4.78, 5) is 24.7. The van der Waals surface area contributed by atoms with Gasteiger partial charge in [0, 0.05) is 25.2 Å². The highest BCUT2D eigenvalue weighted by Crippen LogP contribution is 2.23. The van der Waals surface area contributed by atoms with Crippen molar-refractivity contribution in [2.45, 2.75) is 25.8 Å². The maximum atomic E-state index is 12.9. The molecule has 1 atom stereocenters. The third kappa shape index (κ3) is 3.70. The van der Waals surface area contributed by atoms with Crippen LogP contribution in [0.15, 0.2) is 30.5 Å². The van der Waals surface area contributed by atoms with E-state index in [4.69, 9.17) is 0 Å². The fraction of sp³-hybridized carbons (Fsp3) is 0.412. The van der Waals surface area contributed by atoms with Gasteiger partial charge in [-0.25, -0.2) is 13.1 Å². The van der Waals surface area contributed by atoms with Crippen molar-refractivity contribution in [2.24, 2.45) is 0 Å². The molecule has 1 unspecified atom stereocenters. The molecule has 144 valence electrons. The van der Waals surface area contributed by atoms with Crippen molar-refractivity contribution in [2.75, 3.05) is 18.6 Å². The van der Waals surface area contributed by atoms with E-state index in [1.807, 2.05) is 6.92 Å².